The summed E-state index contributed by atoms with van der Waals surface area (Å²) in [5, 5.41) is 0. The summed E-state index contributed by atoms with van der Waals surface area (Å²) in [4.78, 5) is 13.2. The summed E-state index contributed by atoms with van der Waals surface area (Å²) in [6.45, 7) is 11.2. The number of benzene rings is 1. The van der Waals surface area contributed by atoms with Crippen LogP contribution < -0.4 is 0 Å². The molecule has 0 radical (unpaired) electrons. The summed E-state index contributed by atoms with van der Waals surface area (Å²) in [5.74, 6) is 0. The summed E-state index contributed by atoms with van der Waals surface area (Å²) in [5.41, 5.74) is -0.506. The monoisotopic (exact) mass is 279 g/mol. The molecule has 1 atom stereocenters. The van der Waals surface area contributed by atoms with E-state index in [2.05, 4.69) is 6.58 Å². The van der Waals surface area contributed by atoms with Crippen LogP contribution in [0.1, 0.15) is 27.7 Å². The molecular weight excluding hydrogens is 258 g/mol. The van der Waals surface area contributed by atoms with Gasteiger partial charge in [-0.3, -0.25) is 0 Å². The Kier molecular flexibility index (Phi) is 5.48. The highest BCUT2D eigenvalue weighted by atomic mass is 32.2. The number of rotatable bonds is 4. The van der Waals surface area contributed by atoms with Gasteiger partial charge in [0.1, 0.15) is 5.60 Å². The Bertz CT molecular complexity index is 426. The topological polar surface area (TPSA) is 29.5 Å². The molecule has 0 saturated heterocycles. The fourth-order valence-corrected chi connectivity index (χ4v) is 2.15. The molecule has 1 aromatic rings. The van der Waals surface area contributed by atoms with Gasteiger partial charge in [-0.05, 0) is 51.8 Å². The van der Waals surface area contributed by atoms with Gasteiger partial charge in [0, 0.05) is 4.90 Å². The second-order valence-corrected chi connectivity index (χ2v) is 6.23. The second-order valence-electron chi connectivity index (χ2n) is 5.19. The van der Waals surface area contributed by atoms with E-state index in [0.29, 0.717) is 0 Å². The summed E-state index contributed by atoms with van der Waals surface area (Å²) in [7, 11) is 0. The van der Waals surface area contributed by atoms with Crippen LogP contribution in [0.2, 0.25) is 0 Å². The van der Waals surface area contributed by atoms with E-state index in [9.17, 15) is 4.79 Å². The van der Waals surface area contributed by atoms with Crippen LogP contribution in [-0.4, -0.2) is 22.0 Å². The van der Waals surface area contributed by atoms with Crippen molar-refractivity contribution in [2.45, 2.75) is 44.2 Å². The molecule has 1 aromatic carbocycles. The van der Waals surface area contributed by atoms with Crippen LogP contribution in [-0.2, 0) is 4.74 Å². The zero-order chi connectivity index (χ0) is 14.5. The molecule has 0 N–H and O–H groups in total. The van der Waals surface area contributed by atoms with Gasteiger partial charge in [-0.25, -0.2) is 9.10 Å². The lowest BCUT2D eigenvalue weighted by molar-refractivity contribution is 0.0384. The third-order valence-electron chi connectivity index (χ3n) is 2.23. The molecule has 0 fully saturated rings. The summed E-state index contributed by atoms with van der Waals surface area (Å²) < 4.78 is 7.00. The Morgan fingerprint density at radius 3 is 2.42 bits per heavy atom. The maximum absolute atomic E-state index is 12.2. The molecule has 19 heavy (non-hydrogen) atoms. The highest BCUT2D eigenvalue weighted by Gasteiger charge is 2.25. The maximum atomic E-state index is 12.2. The molecule has 0 aromatic heterocycles. The van der Waals surface area contributed by atoms with Gasteiger partial charge < -0.3 is 4.74 Å². The number of amides is 1. The first-order chi connectivity index (χ1) is 8.83. The van der Waals surface area contributed by atoms with Gasteiger partial charge in [-0.2, -0.15) is 0 Å². The van der Waals surface area contributed by atoms with Crippen molar-refractivity contribution in [1.82, 2.24) is 4.31 Å². The Hall–Kier alpha value is -1.42. The first kappa shape index (κ1) is 15.6. The zero-order valence-corrected chi connectivity index (χ0v) is 12.7. The van der Waals surface area contributed by atoms with Gasteiger partial charge in [0.25, 0.3) is 0 Å². The van der Waals surface area contributed by atoms with Crippen molar-refractivity contribution in [3.63, 3.8) is 0 Å². The third kappa shape index (κ3) is 5.39. The van der Waals surface area contributed by atoms with Gasteiger partial charge in [0.2, 0.25) is 0 Å². The standard InChI is InChI=1S/C15H21NO2S/c1-6-12(2)16(14(17)18-15(3,4)5)19-13-10-8-7-9-11-13/h6-12H,1H2,2-5H3. The Labute approximate surface area is 119 Å². The summed E-state index contributed by atoms with van der Waals surface area (Å²) in [6.07, 6.45) is 1.37. The number of ether oxygens (including phenoxy) is 1. The van der Waals surface area contributed by atoms with Crippen molar-refractivity contribution in [2.75, 3.05) is 0 Å². The maximum Gasteiger partial charge on any atom is 0.421 e. The van der Waals surface area contributed by atoms with E-state index < -0.39 is 5.60 Å². The van der Waals surface area contributed by atoms with Gasteiger partial charge in [-0.15, -0.1) is 6.58 Å². The van der Waals surface area contributed by atoms with Crippen LogP contribution in [0.4, 0.5) is 4.79 Å². The lowest BCUT2D eigenvalue weighted by Crippen LogP contribution is -2.36. The average molecular weight is 279 g/mol. The van der Waals surface area contributed by atoms with Crippen LogP contribution in [0.15, 0.2) is 47.9 Å². The average Bonchev–Trinajstić information content (AvgIpc) is 2.34. The highest BCUT2D eigenvalue weighted by Crippen LogP contribution is 2.27. The van der Waals surface area contributed by atoms with Crippen molar-refractivity contribution >= 4 is 18.0 Å². The summed E-state index contributed by atoms with van der Waals surface area (Å²) in [6, 6.07) is 9.62. The Balaban J connectivity index is 2.83. The van der Waals surface area contributed by atoms with Crippen molar-refractivity contribution in [1.29, 1.82) is 0 Å². The van der Waals surface area contributed by atoms with Crippen molar-refractivity contribution < 1.29 is 9.53 Å². The molecular formula is C15H21NO2S. The van der Waals surface area contributed by atoms with E-state index >= 15 is 0 Å². The fraction of sp³-hybridized carbons (Fsp3) is 0.400. The van der Waals surface area contributed by atoms with E-state index in [0.717, 1.165) is 4.90 Å². The van der Waals surface area contributed by atoms with E-state index in [-0.39, 0.29) is 12.1 Å². The van der Waals surface area contributed by atoms with E-state index in [1.807, 2.05) is 58.0 Å². The first-order valence-electron chi connectivity index (χ1n) is 6.21. The molecule has 1 rings (SSSR count). The first-order valence-corrected chi connectivity index (χ1v) is 6.98. The smallest absolute Gasteiger partial charge is 0.421 e. The molecule has 0 bridgehead atoms. The Morgan fingerprint density at radius 1 is 1.37 bits per heavy atom. The van der Waals surface area contributed by atoms with Gasteiger partial charge in [0.15, 0.2) is 0 Å². The zero-order valence-electron chi connectivity index (χ0n) is 11.9. The predicted molar refractivity (Wildman–Crippen MR) is 80.0 cm³/mol. The van der Waals surface area contributed by atoms with Crippen LogP contribution in [0.5, 0.6) is 0 Å². The molecule has 3 nitrogen and oxygen atoms in total. The van der Waals surface area contributed by atoms with Crippen LogP contribution >= 0.6 is 11.9 Å². The number of hydrogen-bond acceptors (Lipinski definition) is 3. The third-order valence-corrected chi connectivity index (χ3v) is 3.39. The van der Waals surface area contributed by atoms with E-state index in [4.69, 9.17) is 4.74 Å². The Morgan fingerprint density at radius 2 is 1.95 bits per heavy atom. The highest BCUT2D eigenvalue weighted by molar-refractivity contribution is 7.97. The number of hydrogen-bond donors (Lipinski definition) is 0. The molecule has 0 heterocycles. The van der Waals surface area contributed by atoms with Gasteiger partial charge in [0.05, 0.1) is 6.04 Å². The number of carbonyl (C=O) groups is 1. The fourth-order valence-electron chi connectivity index (χ4n) is 1.28. The van der Waals surface area contributed by atoms with Gasteiger partial charge in [-0.1, -0.05) is 24.3 Å². The predicted octanol–water partition coefficient (Wildman–Crippen LogP) is 4.51. The molecule has 1 amide bonds. The minimum absolute atomic E-state index is 0.111. The van der Waals surface area contributed by atoms with Gasteiger partial charge >= 0.3 is 6.09 Å². The molecule has 104 valence electrons. The van der Waals surface area contributed by atoms with E-state index in [1.165, 1.54) is 11.9 Å². The minimum Gasteiger partial charge on any atom is -0.443 e. The SMILES string of the molecule is C=CC(C)N(Sc1ccccc1)C(=O)OC(C)(C)C. The molecule has 0 aliphatic rings. The minimum atomic E-state index is -0.506. The lowest BCUT2D eigenvalue weighted by Gasteiger charge is -2.29. The second kappa shape index (κ2) is 6.66. The summed E-state index contributed by atoms with van der Waals surface area (Å²) >= 11 is 1.36. The molecule has 4 heteroatoms. The van der Waals surface area contributed by atoms with Crippen LogP contribution in [0.3, 0.4) is 0 Å². The van der Waals surface area contributed by atoms with Crippen LogP contribution in [0, 0.1) is 0 Å². The lowest BCUT2D eigenvalue weighted by atomic mass is 10.2. The molecule has 0 aliphatic carbocycles. The molecule has 0 aliphatic heterocycles. The number of carbonyl (C=O) groups excluding carboxylic acids is 1. The molecule has 0 spiro atoms. The van der Waals surface area contributed by atoms with Crippen molar-refractivity contribution in [3.05, 3.63) is 43.0 Å². The van der Waals surface area contributed by atoms with Crippen molar-refractivity contribution in [3.8, 4) is 0 Å². The van der Waals surface area contributed by atoms with Crippen LogP contribution in [0.25, 0.3) is 0 Å². The molecule has 0 saturated carbocycles. The quantitative estimate of drug-likeness (QED) is 0.600. The normalized spacial score (nSPS) is 12.6. The van der Waals surface area contributed by atoms with E-state index in [1.54, 1.807) is 10.4 Å². The number of nitrogens with zero attached hydrogens (tertiary/aromatic N) is 1. The largest absolute Gasteiger partial charge is 0.443 e. The molecule has 1 unspecified atom stereocenters. The van der Waals surface area contributed by atoms with Crippen molar-refractivity contribution in [2.24, 2.45) is 0 Å².